The molecule has 0 aromatic carbocycles. The van der Waals surface area contributed by atoms with Crippen LogP contribution >= 0.6 is 0 Å². The van der Waals surface area contributed by atoms with Crippen molar-refractivity contribution in [3.8, 4) is 0 Å². The van der Waals surface area contributed by atoms with Crippen molar-refractivity contribution in [3.05, 3.63) is 12.4 Å². The molecule has 0 spiro atoms. The summed E-state index contributed by atoms with van der Waals surface area (Å²) in [7, 11) is -3.90. The van der Waals surface area contributed by atoms with E-state index in [2.05, 4.69) is 0 Å². The van der Waals surface area contributed by atoms with Crippen LogP contribution in [-0.4, -0.2) is 41.9 Å². The molecule has 76 valence electrons. The minimum absolute atomic E-state index is 0.225. The van der Waals surface area contributed by atoms with Crippen molar-refractivity contribution in [1.82, 2.24) is 9.80 Å². The first-order valence-electron chi connectivity index (χ1n) is 3.25. The molecule has 1 aliphatic rings. The summed E-state index contributed by atoms with van der Waals surface area (Å²) in [5.74, 6) is 0. The van der Waals surface area contributed by atoms with Gasteiger partial charge in [-0.3, -0.25) is 9.45 Å². The molecule has 0 radical (unpaired) electrons. The molecule has 8 heteroatoms. The number of halogens is 2. The fourth-order valence-electron chi connectivity index (χ4n) is 0.846. The van der Waals surface area contributed by atoms with Crippen molar-refractivity contribution in [1.29, 1.82) is 0 Å². The summed E-state index contributed by atoms with van der Waals surface area (Å²) < 4.78 is 54.4. The normalized spacial score (nSPS) is 18.5. The molecule has 1 aliphatic heterocycles. The molecule has 0 fully saturated rings. The first kappa shape index (κ1) is 10.2. The van der Waals surface area contributed by atoms with Gasteiger partial charge < -0.3 is 4.90 Å². The molecule has 1 heterocycles. The van der Waals surface area contributed by atoms with Gasteiger partial charge in [-0.2, -0.15) is 17.2 Å². The van der Waals surface area contributed by atoms with Crippen LogP contribution in [0.15, 0.2) is 12.4 Å². The summed E-state index contributed by atoms with van der Waals surface area (Å²) >= 11 is 0. The molecule has 0 aromatic heterocycles. The Morgan fingerprint density at radius 1 is 1.46 bits per heavy atom. The molecule has 0 saturated carbocycles. The molecular weight excluding hydrogens is 206 g/mol. The predicted octanol–water partition coefficient (Wildman–Crippen LogP) is 0.101. The lowest BCUT2D eigenvalue weighted by Crippen LogP contribution is -2.45. The second-order valence-electron chi connectivity index (χ2n) is 2.63. The molecule has 13 heavy (non-hydrogen) atoms. The second-order valence-corrected chi connectivity index (χ2v) is 4.07. The summed E-state index contributed by atoms with van der Waals surface area (Å²) in [6.07, 6.45) is 2.17. The Morgan fingerprint density at radius 2 is 2.00 bits per heavy atom. The van der Waals surface area contributed by atoms with E-state index in [9.17, 15) is 17.2 Å². The smallest absolute Gasteiger partial charge is 0.361 e. The van der Waals surface area contributed by atoms with Gasteiger partial charge in [-0.05, 0) is 0 Å². The maximum absolute atomic E-state index is 12.8. The summed E-state index contributed by atoms with van der Waals surface area (Å²) in [4.78, 5) is 1.57. The summed E-state index contributed by atoms with van der Waals surface area (Å²) in [6, 6.07) is 0. The van der Waals surface area contributed by atoms with Gasteiger partial charge in [0.15, 0.2) is 0 Å². The van der Waals surface area contributed by atoms with Crippen molar-refractivity contribution < 1.29 is 21.8 Å². The van der Waals surface area contributed by atoms with Gasteiger partial charge >= 0.3 is 15.5 Å². The third kappa shape index (κ3) is 1.73. The average molecular weight is 214 g/mol. The van der Waals surface area contributed by atoms with Crippen LogP contribution in [0.1, 0.15) is 0 Å². The van der Waals surface area contributed by atoms with E-state index in [1.165, 1.54) is 18.1 Å². The minimum Gasteiger partial charge on any atom is -0.361 e. The summed E-state index contributed by atoms with van der Waals surface area (Å²) in [5.41, 5.74) is 0. The number of hydrogen-bond acceptors (Lipinski definition) is 4. The van der Waals surface area contributed by atoms with Crippen molar-refractivity contribution >= 4 is 10.1 Å². The van der Waals surface area contributed by atoms with Crippen LogP contribution in [0, 0.1) is 0 Å². The topological polar surface area (TPSA) is 60.9 Å². The van der Waals surface area contributed by atoms with E-state index in [1.807, 2.05) is 0 Å². The van der Waals surface area contributed by atoms with Gasteiger partial charge in [0.2, 0.25) is 0 Å². The Morgan fingerprint density at radius 3 is 2.31 bits per heavy atom. The molecule has 0 aromatic rings. The molecule has 0 unspecified atom stereocenters. The zero-order valence-corrected chi connectivity index (χ0v) is 7.50. The molecule has 0 atom stereocenters. The van der Waals surface area contributed by atoms with Crippen molar-refractivity contribution in [2.75, 3.05) is 13.7 Å². The Labute approximate surface area is 74.0 Å². The maximum Gasteiger partial charge on any atom is 0.455 e. The van der Waals surface area contributed by atoms with Gasteiger partial charge in [0.25, 0.3) is 0 Å². The van der Waals surface area contributed by atoms with E-state index in [0.29, 0.717) is 0 Å². The van der Waals surface area contributed by atoms with E-state index in [4.69, 9.17) is 4.55 Å². The molecular formula is C5H8F2N2O3S. The predicted molar refractivity (Wildman–Crippen MR) is 40.1 cm³/mol. The van der Waals surface area contributed by atoms with Crippen LogP contribution in [0.2, 0.25) is 0 Å². The Hall–Kier alpha value is -0.890. The highest BCUT2D eigenvalue weighted by molar-refractivity contribution is 7.86. The van der Waals surface area contributed by atoms with Gasteiger partial charge in [-0.25, -0.2) is 0 Å². The van der Waals surface area contributed by atoms with E-state index >= 15 is 0 Å². The Bertz CT molecular complexity index is 327. The van der Waals surface area contributed by atoms with Crippen molar-refractivity contribution in [3.63, 3.8) is 0 Å². The van der Waals surface area contributed by atoms with Gasteiger partial charge in [0.05, 0.1) is 6.67 Å². The van der Waals surface area contributed by atoms with Crippen LogP contribution in [0.4, 0.5) is 8.78 Å². The monoisotopic (exact) mass is 214 g/mol. The lowest BCUT2D eigenvalue weighted by Gasteiger charge is -2.24. The first-order chi connectivity index (χ1) is 5.75. The molecule has 0 amide bonds. The zero-order valence-electron chi connectivity index (χ0n) is 6.68. The third-order valence-corrected chi connectivity index (χ3v) is 2.38. The highest BCUT2D eigenvalue weighted by Crippen LogP contribution is 2.28. The van der Waals surface area contributed by atoms with Crippen LogP contribution in [0.25, 0.3) is 0 Å². The Balaban J connectivity index is 2.90. The van der Waals surface area contributed by atoms with Crippen LogP contribution in [-0.2, 0) is 10.1 Å². The lowest BCUT2D eigenvalue weighted by atomic mass is 10.8. The molecule has 0 aliphatic carbocycles. The third-order valence-electron chi connectivity index (χ3n) is 1.52. The van der Waals surface area contributed by atoms with Gasteiger partial charge in [-0.1, -0.05) is 0 Å². The number of alkyl halides is 2. The van der Waals surface area contributed by atoms with Crippen molar-refractivity contribution in [2.45, 2.75) is 5.38 Å². The van der Waals surface area contributed by atoms with Gasteiger partial charge in [-0.15, -0.1) is 0 Å². The van der Waals surface area contributed by atoms with Crippen LogP contribution in [0.5, 0.6) is 0 Å². The quantitative estimate of drug-likeness (QED) is 0.522. The summed E-state index contributed by atoms with van der Waals surface area (Å²) in [6.45, 7) is -0.285. The SMILES string of the molecule is CN1C=CN(C(F)(F)S(=O)(=O)O)C1. The molecule has 1 N–H and O–H groups in total. The molecule has 0 bridgehead atoms. The number of hydrogen-bond donors (Lipinski definition) is 1. The molecule has 1 rings (SSSR count). The van der Waals surface area contributed by atoms with E-state index in [1.54, 1.807) is 0 Å². The van der Waals surface area contributed by atoms with Gasteiger partial charge in [0, 0.05) is 19.4 Å². The highest BCUT2D eigenvalue weighted by Gasteiger charge is 2.50. The largest absolute Gasteiger partial charge is 0.455 e. The van der Waals surface area contributed by atoms with Crippen LogP contribution < -0.4 is 0 Å². The first-order valence-corrected chi connectivity index (χ1v) is 4.69. The fraction of sp³-hybridized carbons (Fsp3) is 0.600. The van der Waals surface area contributed by atoms with Crippen LogP contribution in [0.3, 0.4) is 0 Å². The standard InChI is InChI=1S/C5H8F2N2O3S/c1-8-2-3-9(4-8)5(6,7)13(10,11)12/h2-3H,4H2,1H3,(H,10,11,12). The van der Waals surface area contributed by atoms with E-state index < -0.39 is 15.5 Å². The lowest BCUT2D eigenvalue weighted by molar-refractivity contribution is -0.0547. The minimum atomic E-state index is -5.39. The van der Waals surface area contributed by atoms with E-state index in [-0.39, 0.29) is 11.6 Å². The van der Waals surface area contributed by atoms with Crippen molar-refractivity contribution in [2.24, 2.45) is 0 Å². The zero-order chi connectivity index (χ0) is 10.3. The highest BCUT2D eigenvalue weighted by atomic mass is 32.2. The van der Waals surface area contributed by atoms with Gasteiger partial charge in [0.1, 0.15) is 0 Å². The maximum atomic E-state index is 12.8. The fourth-order valence-corrected chi connectivity index (χ4v) is 1.26. The average Bonchev–Trinajstić information content (AvgIpc) is 2.33. The number of nitrogens with zero attached hydrogens (tertiary/aromatic N) is 2. The molecule has 5 nitrogen and oxygen atoms in total. The second kappa shape index (κ2) is 2.81. The molecule has 0 saturated heterocycles. The summed E-state index contributed by atoms with van der Waals surface area (Å²) in [5, 5.41) is -4.27. The Kier molecular flexibility index (Phi) is 2.20. The van der Waals surface area contributed by atoms with E-state index in [0.717, 1.165) is 6.20 Å². The number of rotatable bonds is 2.